The summed E-state index contributed by atoms with van der Waals surface area (Å²) in [6.07, 6.45) is 9.48. The predicted octanol–water partition coefficient (Wildman–Crippen LogP) is 4.86. The van der Waals surface area contributed by atoms with Gasteiger partial charge in [-0.05, 0) is 69.7 Å². The Hall–Kier alpha value is -3.23. The van der Waals surface area contributed by atoms with Crippen molar-refractivity contribution in [1.29, 1.82) is 0 Å². The Morgan fingerprint density at radius 3 is 2.37 bits per heavy atom. The van der Waals surface area contributed by atoms with E-state index in [0.717, 1.165) is 55.9 Å². The van der Waals surface area contributed by atoms with Crippen molar-refractivity contribution in [2.45, 2.75) is 75.4 Å². The molecule has 2 atom stereocenters. The Kier molecular flexibility index (Phi) is 10.9. The van der Waals surface area contributed by atoms with E-state index >= 15 is 4.39 Å². The van der Waals surface area contributed by atoms with E-state index in [4.69, 9.17) is 4.79 Å². The third kappa shape index (κ3) is 6.99. The topological polar surface area (TPSA) is 88.3 Å². The summed E-state index contributed by atoms with van der Waals surface area (Å²) >= 11 is 0. The number of carbonyl (C=O) groups is 2. The van der Waals surface area contributed by atoms with Crippen LogP contribution in [0, 0.1) is 5.82 Å². The van der Waals surface area contributed by atoms with Gasteiger partial charge in [-0.15, -0.1) is 10.2 Å². The van der Waals surface area contributed by atoms with Gasteiger partial charge in [-0.2, -0.15) is 0 Å². The van der Waals surface area contributed by atoms with E-state index < -0.39 is 5.41 Å². The van der Waals surface area contributed by atoms with E-state index in [9.17, 15) is 9.90 Å². The van der Waals surface area contributed by atoms with Gasteiger partial charge in [-0.3, -0.25) is 4.90 Å². The van der Waals surface area contributed by atoms with Crippen LogP contribution < -0.4 is 0 Å². The highest BCUT2D eigenvalue weighted by molar-refractivity contribution is 5.61. The maximum atomic E-state index is 15.2. The fourth-order valence-corrected chi connectivity index (χ4v) is 5.47. The average Bonchev–Trinajstić information content (AvgIpc) is 3.51. The number of aliphatic hydroxyl groups is 1. The fourth-order valence-electron chi connectivity index (χ4n) is 5.47. The molecule has 0 bridgehead atoms. The molecule has 1 fully saturated rings. The van der Waals surface area contributed by atoms with Crippen molar-refractivity contribution in [3.05, 3.63) is 83.7 Å². The van der Waals surface area contributed by atoms with Crippen LogP contribution in [0.1, 0.15) is 74.1 Å². The lowest BCUT2D eigenvalue weighted by Gasteiger charge is -2.39. The Labute approximate surface area is 224 Å². The lowest BCUT2D eigenvalue weighted by Crippen LogP contribution is -2.36. The molecular weight excluding hydrogens is 483 g/mol. The van der Waals surface area contributed by atoms with Crippen molar-refractivity contribution in [3.63, 3.8) is 0 Å². The molecule has 1 heterocycles. The minimum absolute atomic E-state index is 0.0108. The van der Waals surface area contributed by atoms with Crippen LogP contribution in [0.3, 0.4) is 0 Å². The molecule has 7 nitrogen and oxygen atoms in total. The molecule has 1 aromatic heterocycles. The summed E-state index contributed by atoms with van der Waals surface area (Å²) in [5.74, 6) is -0.344. The molecule has 2 aromatic carbocycles. The first-order valence-electron chi connectivity index (χ1n) is 13.2. The highest BCUT2D eigenvalue weighted by atomic mass is 19.1. The number of aldehydes is 1. The summed E-state index contributed by atoms with van der Waals surface area (Å²) < 4.78 is 17.3. The van der Waals surface area contributed by atoms with Crippen molar-refractivity contribution in [1.82, 2.24) is 19.7 Å². The molecular formula is C30H39FN4O3. The lowest BCUT2D eigenvalue weighted by atomic mass is 9.68. The third-order valence-electron chi connectivity index (χ3n) is 8.20. The van der Waals surface area contributed by atoms with Crippen molar-refractivity contribution in [3.8, 4) is 0 Å². The van der Waals surface area contributed by atoms with Gasteiger partial charge in [0.15, 0.2) is 0 Å². The van der Waals surface area contributed by atoms with Crippen LogP contribution in [0.15, 0.2) is 61.2 Å². The Balaban J connectivity index is 0.00000195. The molecule has 0 saturated heterocycles. The Bertz CT molecular complexity index is 1120. The molecule has 3 aromatic rings. The maximum absolute atomic E-state index is 15.2. The van der Waals surface area contributed by atoms with E-state index in [-0.39, 0.29) is 24.4 Å². The number of aliphatic hydroxyl groups excluding tert-OH is 1. The van der Waals surface area contributed by atoms with E-state index in [0.29, 0.717) is 18.2 Å². The number of benzene rings is 2. The van der Waals surface area contributed by atoms with Gasteiger partial charge in [0.05, 0.1) is 6.61 Å². The van der Waals surface area contributed by atoms with Gasteiger partial charge in [-0.25, -0.2) is 4.39 Å². The molecule has 4 rings (SSSR count). The molecule has 1 unspecified atom stereocenters. The Morgan fingerprint density at radius 2 is 1.79 bits per heavy atom. The molecule has 0 radical (unpaired) electrons. The molecule has 0 aliphatic heterocycles. The summed E-state index contributed by atoms with van der Waals surface area (Å²) in [5.41, 5.74) is 2.15. The number of carbonyl (C=O) groups excluding carboxylic acids is 2. The quantitative estimate of drug-likeness (QED) is 0.362. The van der Waals surface area contributed by atoms with Crippen LogP contribution >= 0.6 is 0 Å². The highest BCUT2D eigenvalue weighted by Crippen LogP contribution is 2.43. The molecule has 1 saturated carbocycles. The average molecular weight is 523 g/mol. The van der Waals surface area contributed by atoms with Crippen LogP contribution in [0.4, 0.5) is 4.39 Å². The Morgan fingerprint density at radius 1 is 1.13 bits per heavy atom. The first-order chi connectivity index (χ1) is 18.5. The molecule has 1 aliphatic rings. The van der Waals surface area contributed by atoms with Gasteiger partial charge in [0.1, 0.15) is 31.5 Å². The minimum atomic E-state index is -0.412. The van der Waals surface area contributed by atoms with Gasteiger partial charge >= 0.3 is 0 Å². The van der Waals surface area contributed by atoms with Crippen molar-refractivity contribution in [2.24, 2.45) is 0 Å². The standard InChI is InChI=1S/C29H37FN4O2.CH2O/c1-22(8-9-25(18-35)23-6-4-3-5-7-23)33(2)17-24-10-11-26(16-28(24)30)29(19-36)14-12-27(13-15-29)34-20-31-32-21-34;1-2/h3-7,10-11,16,18,20-22,25,27,36H,8-9,12-15,17,19H2,1-2H3;1H2/t22-,25?,27?,29?;/m0./s1. The summed E-state index contributed by atoms with van der Waals surface area (Å²) in [6.45, 7) is 4.62. The molecule has 0 spiro atoms. The second-order valence-electron chi connectivity index (χ2n) is 10.4. The number of halogens is 1. The number of aromatic nitrogens is 3. The second-order valence-corrected chi connectivity index (χ2v) is 10.4. The summed E-state index contributed by atoms with van der Waals surface area (Å²) in [6, 6.07) is 15.9. The zero-order chi connectivity index (χ0) is 27.5. The molecule has 38 heavy (non-hydrogen) atoms. The summed E-state index contributed by atoms with van der Waals surface area (Å²) in [7, 11) is 2.00. The van der Waals surface area contributed by atoms with E-state index in [1.807, 2.05) is 60.9 Å². The van der Waals surface area contributed by atoms with Crippen molar-refractivity contribution < 1.29 is 19.1 Å². The van der Waals surface area contributed by atoms with Crippen LogP contribution in [-0.4, -0.2) is 57.5 Å². The highest BCUT2D eigenvalue weighted by Gasteiger charge is 2.37. The van der Waals surface area contributed by atoms with Gasteiger partial charge < -0.3 is 19.3 Å². The first kappa shape index (κ1) is 29.3. The lowest BCUT2D eigenvalue weighted by molar-refractivity contribution is -0.109. The van der Waals surface area contributed by atoms with Crippen LogP contribution in [0.25, 0.3) is 0 Å². The smallest absolute Gasteiger partial charge is 0.127 e. The summed E-state index contributed by atoms with van der Waals surface area (Å²) in [4.78, 5) is 21.8. The zero-order valence-electron chi connectivity index (χ0n) is 22.4. The van der Waals surface area contributed by atoms with Gasteiger partial charge in [0.2, 0.25) is 0 Å². The van der Waals surface area contributed by atoms with Crippen molar-refractivity contribution in [2.75, 3.05) is 13.7 Å². The summed E-state index contributed by atoms with van der Waals surface area (Å²) in [5, 5.41) is 18.1. The molecule has 1 aliphatic carbocycles. The number of hydrogen-bond donors (Lipinski definition) is 1. The van der Waals surface area contributed by atoms with E-state index in [2.05, 4.69) is 22.0 Å². The van der Waals surface area contributed by atoms with Crippen LogP contribution in [0.5, 0.6) is 0 Å². The second kappa shape index (κ2) is 14.1. The monoisotopic (exact) mass is 522 g/mol. The first-order valence-corrected chi connectivity index (χ1v) is 13.2. The largest absolute Gasteiger partial charge is 0.395 e. The van der Waals surface area contributed by atoms with E-state index in [1.165, 1.54) is 0 Å². The van der Waals surface area contributed by atoms with Crippen LogP contribution in [0.2, 0.25) is 0 Å². The minimum Gasteiger partial charge on any atom is -0.395 e. The van der Waals surface area contributed by atoms with Gasteiger partial charge in [0.25, 0.3) is 0 Å². The van der Waals surface area contributed by atoms with E-state index in [1.54, 1.807) is 18.7 Å². The van der Waals surface area contributed by atoms with Gasteiger partial charge in [-0.1, -0.05) is 42.5 Å². The number of rotatable bonds is 11. The molecule has 8 heteroatoms. The van der Waals surface area contributed by atoms with Gasteiger partial charge in [0, 0.05) is 35.5 Å². The number of hydrogen-bond acceptors (Lipinski definition) is 6. The molecule has 1 N–H and O–H groups in total. The SMILES string of the molecule is C=O.C[C@@H](CCC(C=O)c1ccccc1)N(C)Cc1ccc(C2(CO)CCC(n3cnnc3)CC2)cc1F. The van der Waals surface area contributed by atoms with Crippen LogP contribution in [-0.2, 0) is 21.5 Å². The normalized spacial score (nSPS) is 20.8. The number of nitrogens with zero attached hydrogens (tertiary/aromatic N) is 4. The molecule has 204 valence electrons. The molecule has 0 amide bonds. The maximum Gasteiger partial charge on any atom is 0.127 e. The zero-order valence-corrected chi connectivity index (χ0v) is 22.4. The third-order valence-corrected chi connectivity index (χ3v) is 8.20. The van der Waals surface area contributed by atoms with Crippen molar-refractivity contribution >= 4 is 13.1 Å². The fraction of sp³-hybridized carbons (Fsp3) is 0.467. The predicted molar refractivity (Wildman–Crippen MR) is 145 cm³/mol.